The van der Waals surface area contributed by atoms with Gasteiger partial charge in [0.05, 0.1) is 6.61 Å². The smallest absolute Gasteiger partial charge is 0.333 e. The topological polar surface area (TPSA) is 38.7 Å². The molecule has 3 heteroatoms. The van der Waals surface area contributed by atoms with Crippen LogP contribution in [0.5, 0.6) is 0 Å². The van der Waals surface area contributed by atoms with Gasteiger partial charge in [0.1, 0.15) is 0 Å². The molecule has 84 valence electrons. The van der Waals surface area contributed by atoms with Crippen molar-refractivity contribution in [2.75, 3.05) is 6.61 Å². The van der Waals surface area contributed by atoms with E-state index >= 15 is 0 Å². The van der Waals surface area contributed by atoms with Gasteiger partial charge in [0.2, 0.25) is 0 Å². The van der Waals surface area contributed by atoms with Gasteiger partial charge in [-0.05, 0) is 25.3 Å². The molecule has 0 bridgehead atoms. The van der Waals surface area contributed by atoms with Crippen molar-refractivity contribution in [3.05, 3.63) is 35.9 Å². The maximum Gasteiger partial charge on any atom is 0.333 e. The van der Waals surface area contributed by atoms with E-state index in [2.05, 4.69) is 4.99 Å². The van der Waals surface area contributed by atoms with Gasteiger partial charge in [-0.25, -0.2) is 4.79 Å². The molecule has 1 saturated carbocycles. The molecule has 0 radical (unpaired) electrons. The van der Waals surface area contributed by atoms with Gasteiger partial charge < -0.3 is 4.74 Å². The average molecular weight is 217 g/mol. The lowest BCUT2D eigenvalue weighted by Crippen LogP contribution is -2.23. The number of benzene rings is 1. The highest BCUT2D eigenvalue weighted by Crippen LogP contribution is 2.40. The summed E-state index contributed by atoms with van der Waals surface area (Å²) in [4.78, 5) is 16.0. The second-order valence-corrected chi connectivity index (χ2v) is 3.92. The first-order valence-corrected chi connectivity index (χ1v) is 5.54. The second kappa shape index (κ2) is 4.47. The Bertz CT molecular complexity index is 394. The molecule has 0 spiro atoms. The van der Waals surface area contributed by atoms with Crippen LogP contribution in [0.15, 0.2) is 35.3 Å². The van der Waals surface area contributed by atoms with Crippen molar-refractivity contribution in [3.8, 4) is 0 Å². The van der Waals surface area contributed by atoms with E-state index in [4.69, 9.17) is 4.74 Å². The quantitative estimate of drug-likeness (QED) is 0.573. The van der Waals surface area contributed by atoms with Gasteiger partial charge in [0, 0.05) is 6.21 Å². The van der Waals surface area contributed by atoms with E-state index in [9.17, 15) is 4.79 Å². The van der Waals surface area contributed by atoms with Gasteiger partial charge in [-0.15, -0.1) is 0 Å². The first-order valence-electron chi connectivity index (χ1n) is 5.54. The molecule has 0 amide bonds. The van der Waals surface area contributed by atoms with Crippen molar-refractivity contribution in [1.82, 2.24) is 0 Å². The van der Waals surface area contributed by atoms with Crippen molar-refractivity contribution < 1.29 is 9.53 Å². The highest BCUT2D eigenvalue weighted by molar-refractivity contribution is 5.89. The molecule has 3 nitrogen and oxygen atoms in total. The number of esters is 1. The summed E-state index contributed by atoms with van der Waals surface area (Å²) >= 11 is 0. The molecule has 1 fully saturated rings. The van der Waals surface area contributed by atoms with Crippen molar-refractivity contribution in [3.63, 3.8) is 0 Å². The van der Waals surface area contributed by atoms with E-state index in [0.29, 0.717) is 6.61 Å². The molecule has 0 atom stereocenters. The third-order valence-electron chi connectivity index (χ3n) is 2.64. The van der Waals surface area contributed by atoms with Crippen LogP contribution in [0, 0.1) is 0 Å². The molecule has 1 aromatic carbocycles. The number of carbonyl (C=O) groups is 1. The summed E-state index contributed by atoms with van der Waals surface area (Å²) in [6, 6.07) is 9.78. The third-order valence-corrected chi connectivity index (χ3v) is 2.64. The zero-order valence-electron chi connectivity index (χ0n) is 9.35. The molecule has 1 aliphatic rings. The Morgan fingerprint density at radius 1 is 1.44 bits per heavy atom. The van der Waals surface area contributed by atoms with Crippen LogP contribution < -0.4 is 0 Å². The largest absolute Gasteiger partial charge is 0.464 e. The Balaban J connectivity index is 2.04. The van der Waals surface area contributed by atoms with E-state index in [0.717, 1.165) is 18.4 Å². The maximum absolute atomic E-state index is 11.6. The van der Waals surface area contributed by atoms with Gasteiger partial charge in [-0.1, -0.05) is 30.3 Å². The van der Waals surface area contributed by atoms with Crippen LogP contribution in [0.1, 0.15) is 25.3 Å². The van der Waals surface area contributed by atoms with Gasteiger partial charge in [0.15, 0.2) is 5.54 Å². The molecule has 0 aromatic heterocycles. The van der Waals surface area contributed by atoms with Gasteiger partial charge in [0.25, 0.3) is 0 Å². The lowest BCUT2D eigenvalue weighted by atomic mass is 10.2. The van der Waals surface area contributed by atoms with Gasteiger partial charge in [-0.3, -0.25) is 4.99 Å². The number of aliphatic imine (C=N–C) groups is 1. The molecule has 0 saturated heterocycles. The first-order chi connectivity index (χ1) is 7.77. The van der Waals surface area contributed by atoms with Crippen LogP contribution >= 0.6 is 0 Å². The Morgan fingerprint density at radius 2 is 2.12 bits per heavy atom. The van der Waals surface area contributed by atoms with Crippen molar-refractivity contribution in [2.24, 2.45) is 4.99 Å². The predicted octanol–water partition coefficient (Wildman–Crippen LogP) is 2.20. The van der Waals surface area contributed by atoms with Crippen LogP contribution in [-0.4, -0.2) is 24.3 Å². The number of carbonyl (C=O) groups excluding carboxylic acids is 1. The van der Waals surface area contributed by atoms with Crippen LogP contribution in [0.2, 0.25) is 0 Å². The summed E-state index contributed by atoms with van der Waals surface area (Å²) < 4.78 is 5.00. The highest BCUT2D eigenvalue weighted by atomic mass is 16.5. The van der Waals surface area contributed by atoms with Crippen LogP contribution in [0.4, 0.5) is 0 Å². The average Bonchev–Trinajstić information content (AvgIpc) is 3.09. The van der Waals surface area contributed by atoms with E-state index in [1.54, 1.807) is 6.21 Å². The molecule has 0 aliphatic heterocycles. The molecule has 1 aromatic rings. The molecule has 16 heavy (non-hydrogen) atoms. The van der Waals surface area contributed by atoms with Crippen LogP contribution in [0.25, 0.3) is 0 Å². The normalized spacial score (nSPS) is 17.3. The number of nitrogens with zero attached hydrogens (tertiary/aromatic N) is 1. The summed E-state index contributed by atoms with van der Waals surface area (Å²) in [6.45, 7) is 2.23. The number of hydrogen-bond acceptors (Lipinski definition) is 3. The van der Waals surface area contributed by atoms with E-state index in [1.807, 2.05) is 37.3 Å². The molecular formula is C13H15NO2. The molecule has 0 N–H and O–H groups in total. The first kappa shape index (κ1) is 10.9. The van der Waals surface area contributed by atoms with E-state index < -0.39 is 5.54 Å². The maximum atomic E-state index is 11.6. The third kappa shape index (κ3) is 2.30. The molecule has 0 heterocycles. The Morgan fingerprint density at radius 3 is 2.69 bits per heavy atom. The summed E-state index contributed by atoms with van der Waals surface area (Å²) in [6.07, 6.45) is 3.36. The Kier molecular flexibility index (Phi) is 3.04. The predicted molar refractivity (Wildman–Crippen MR) is 62.6 cm³/mol. The van der Waals surface area contributed by atoms with Crippen LogP contribution in [-0.2, 0) is 9.53 Å². The van der Waals surface area contributed by atoms with Gasteiger partial charge >= 0.3 is 5.97 Å². The van der Waals surface area contributed by atoms with Crippen LogP contribution in [0.3, 0.4) is 0 Å². The Labute approximate surface area is 95.2 Å². The van der Waals surface area contributed by atoms with Crippen molar-refractivity contribution >= 4 is 12.2 Å². The van der Waals surface area contributed by atoms with Crippen molar-refractivity contribution in [2.45, 2.75) is 25.3 Å². The van der Waals surface area contributed by atoms with E-state index in [1.165, 1.54) is 0 Å². The fourth-order valence-electron chi connectivity index (χ4n) is 1.51. The second-order valence-electron chi connectivity index (χ2n) is 3.92. The number of hydrogen-bond donors (Lipinski definition) is 0. The summed E-state index contributed by atoms with van der Waals surface area (Å²) in [5, 5.41) is 0. The SMILES string of the molecule is CCOC(=O)C1(N=Cc2ccccc2)CC1. The standard InChI is InChI=1S/C13H15NO2/c1-2-16-12(15)13(8-9-13)14-10-11-6-4-3-5-7-11/h3-7,10H,2,8-9H2,1H3. The summed E-state index contributed by atoms with van der Waals surface area (Å²) in [5.74, 6) is -0.192. The van der Waals surface area contributed by atoms with Gasteiger partial charge in [-0.2, -0.15) is 0 Å². The molecule has 2 rings (SSSR count). The van der Waals surface area contributed by atoms with E-state index in [-0.39, 0.29) is 5.97 Å². The monoisotopic (exact) mass is 217 g/mol. The van der Waals surface area contributed by atoms with Crippen molar-refractivity contribution in [1.29, 1.82) is 0 Å². The summed E-state index contributed by atoms with van der Waals surface area (Å²) in [7, 11) is 0. The fraction of sp³-hybridized carbons (Fsp3) is 0.385. The zero-order chi connectivity index (χ0) is 11.4. The minimum Gasteiger partial charge on any atom is -0.464 e. The molecule has 0 unspecified atom stereocenters. The number of ether oxygens (including phenoxy) is 1. The summed E-state index contributed by atoms with van der Waals surface area (Å²) in [5.41, 5.74) is 0.435. The lowest BCUT2D eigenvalue weighted by molar-refractivity contribution is -0.145. The number of rotatable bonds is 4. The molecular weight excluding hydrogens is 202 g/mol. The zero-order valence-corrected chi connectivity index (χ0v) is 9.35. The lowest BCUT2D eigenvalue weighted by Gasteiger charge is -2.07. The minimum atomic E-state index is -0.578. The highest BCUT2D eigenvalue weighted by Gasteiger charge is 2.51. The minimum absolute atomic E-state index is 0.192. The Hall–Kier alpha value is -1.64. The fourth-order valence-corrected chi connectivity index (χ4v) is 1.51. The molecule has 1 aliphatic carbocycles.